The Hall–Kier alpha value is 0.630. The summed E-state index contributed by atoms with van der Waals surface area (Å²) in [6.07, 6.45) is 3.87. The van der Waals surface area contributed by atoms with Gasteiger partial charge in [-0.2, -0.15) is 0 Å². The zero-order chi connectivity index (χ0) is 11.4. The topological polar surface area (TPSA) is 17.1 Å². The van der Waals surface area contributed by atoms with Gasteiger partial charge in [0, 0.05) is 10.7 Å². The van der Waals surface area contributed by atoms with Crippen LogP contribution in [0.2, 0.25) is 0 Å². The van der Waals surface area contributed by atoms with Gasteiger partial charge in [-0.25, -0.2) is 0 Å². The monoisotopic (exact) mass is 326 g/mol. The third kappa shape index (κ3) is 3.06. The molecule has 14 heavy (non-hydrogen) atoms. The highest BCUT2D eigenvalue weighted by molar-refractivity contribution is 9.13. The molecule has 0 saturated heterocycles. The Kier molecular flexibility index (Phi) is 5.90. The van der Waals surface area contributed by atoms with E-state index in [0.29, 0.717) is 5.78 Å². The van der Waals surface area contributed by atoms with Crippen molar-refractivity contribution < 1.29 is 4.79 Å². The number of halogens is 2. The SMILES string of the molecule is CC.CC(C)(Br)C1(Br)CCCCC1=O. The van der Waals surface area contributed by atoms with E-state index in [-0.39, 0.29) is 8.65 Å². The number of rotatable bonds is 1. The molecule has 0 spiro atoms. The van der Waals surface area contributed by atoms with Crippen LogP contribution in [0, 0.1) is 0 Å². The van der Waals surface area contributed by atoms with E-state index < -0.39 is 0 Å². The molecule has 0 amide bonds. The predicted molar refractivity (Wildman–Crippen MR) is 69.5 cm³/mol. The van der Waals surface area contributed by atoms with Crippen LogP contribution in [0.4, 0.5) is 0 Å². The lowest BCUT2D eigenvalue weighted by molar-refractivity contribution is -0.123. The molecular formula is C11H20Br2O. The first-order valence-electron chi connectivity index (χ1n) is 5.29. The second-order valence-electron chi connectivity index (χ2n) is 3.90. The quantitative estimate of drug-likeness (QED) is 0.650. The summed E-state index contributed by atoms with van der Waals surface area (Å²) < 4.78 is -0.476. The number of hydrogen-bond donors (Lipinski definition) is 0. The number of carbonyl (C=O) groups excluding carboxylic acids is 1. The minimum Gasteiger partial charge on any atom is -0.298 e. The van der Waals surface area contributed by atoms with Crippen molar-refractivity contribution in [3.05, 3.63) is 0 Å². The molecule has 1 nitrogen and oxygen atoms in total. The van der Waals surface area contributed by atoms with Crippen LogP contribution >= 0.6 is 31.9 Å². The van der Waals surface area contributed by atoms with Crippen LogP contribution in [0.3, 0.4) is 0 Å². The summed E-state index contributed by atoms with van der Waals surface area (Å²) in [5.41, 5.74) is 0. The Balaban J connectivity index is 0.000000791. The van der Waals surface area contributed by atoms with Gasteiger partial charge in [0.25, 0.3) is 0 Å². The van der Waals surface area contributed by atoms with Crippen molar-refractivity contribution in [2.24, 2.45) is 0 Å². The van der Waals surface area contributed by atoms with Crippen molar-refractivity contribution >= 4 is 37.6 Å². The largest absolute Gasteiger partial charge is 0.298 e. The van der Waals surface area contributed by atoms with Gasteiger partial charge in [-0.1, -0.05) is 52.1 Å². The zero-order valence-corrected chi connectivity index (χ0v) is 12.7. The molecule has 1 fully saturated rings. The maximum Gasteiger partial charge on any atom is 0.150 e. The third-order valence-corrected chi connectivity index (χ3v) is 5.60. The molecule has 0 N–H and O–H groups in total. The van der Waals surface area contributed by atoms with Crippen LogP contribution in [0.25, 0.3) is 0 Å². The zero-order valence-electron chi connectivity index (χ0n) is 9.49. The highest BCUT2D eigenvalue weighted by Gasteiger charge is 2.47. The molecule has 0 heterocycles. The van der Waals surface area contributed by atoms with Gasteiger partial charge in [0.15, 0.2) is 5.78 Å². The smallest absolute Gasteiger partial charge is 0.150 e. The lowest BCUT2D eigenvalue weighted by atomic mass is 9.80. The van der Waals surface area contributed by atoms with Crippen LogP contribution in [-0.4, -0.2) is 14.4 Å². The molecule has 1 aliphatic carbocycles. The van der Waals surface area contributed by atoms with Crippen LogP contribution in [0.1, 0.15) is 53.4 Å². The normalized spacial score (nSPS) is 28.0. The molecule has 1 aliphatic rings. The minimum absolute atomic E-state index is 0.141. The maximum absolute atomic E-state index is 11.7. The molecule has 1 rings (SSSR count). The molecule has 84 valence electrons. The number of carbonyl (C=O) groups is 1. The molecule has 0 aromatic heterocycles. The summed E-state index contributed by atoms with van der Waals surface area (Å²) in [5, 5.41) is 0. The molecule has 0 radical (unpaired) electrons. The molecule has 3 heteroatoms. The van der Waals surface area contributed by atoms with Gasteiger partial charge in [-0.15, -0.1) is 0 Å². The Labute approximate surface area is 104 Å². The lowest BCUT2D eigenvalue weighted by Gasteiger charge is -2.39. The fourth-order valence-electron chi connectivity index (χ4n) is 1.62. The van der Waals surface area contributed by atoms with E-state index in [0.717, 1.165) is 25.7 Å². The summed E-state index contributed by atoms with van der Waals surface area (Å²) in [7, 11) is 0. The number of hydrogen-bond acceptors (Lipinski definition) is 1. The van der Waals surface area contributed by atoms with Gasteiger partial charge in [0.1, 0.15) is 0 Å². The number of ketones is 1. The Morgan fingerprint density at radius 1 is 1.29 bits per heavy atom. The summed E-state index contributed by atoms with van der Waals surface area (Å²) >= 11 is 7.15. The van der Waals surface area contributed by atoms with Gasteiger partial charge in [0.2, 0.25) is 0 Å². The first-order valence-corrected chi connectivity index (χ1v) is 6.88. The van der Waals surface area contributed by atoms with Gasteiger partial charge < -0.3 is 0 Å². The summed E-state index contributed by atoms with van der Waals surface area (Å²) in [5.74, 6) is 0.343. The highest BCUT2D eigenvalue weighted by Crippen LogP contribution is 2.45. The molecule has 0 aromatic rings. The van der Waals surface area contributed by atoms with Crippen molar-refractivity contribution in [1.82, 2.24) is 0 Å². The minimum atomic E-state index is -0.335. The summed E-state index contributed by atoms with van der Waals surface area (Å²) in [4.78, 5) is 11.7. The average Bonchev–Trinajstić information content (AvgIpc) is 2.12. The van der Waals surface area contributed by atoms with Crippen LogP contribution in [0.15, 0.2) is 0 Å². The predicted octanol–water partition coefficient (Wildman–Crippen LogP) is 4.46. The van der Waals surface area contributed by atoms with E-state index in [4.69, 9.17) is 0 Å². The molecule has 0 aliphatic heterocycles. The highest BCUT2D eigenvalue weighted by atomic mass is 79.9. The average molecular weight is 328 g/mol. The Morgan fingerprint density at radius 2 is 1.79 bits per heavy atom. The van der Waals surface area contributed by atoms with Crippen LogP contribution in [-0.2, 0) is 4.79 Å². The van der Waals surface area contributed by atoms with Crippen LogP contribution < -0.4 is 0 Å². The molecular weight excluding hydrogens is 308 g/mol. The van der Waals surface area contributed by atoms with Crippen molar-refractivity contribution in [3.8, 4) is 0 Å². The molecule has 0 aromatic carbocycles. The number of alkyl halides is 2. The molecule has 1 saturated carbocycles. The van der Waals surface area contributed by atoms with Gasteiger partial charge in [-0.3, -0.25) is 4.79 Å². The summed E-state index contributed by atoms with van der Waals surface area (Å²) in [6.45, 7) is 8.09. The first-order chi connectivity index (χ1) is 6.38. The van der Waals surface area contributed by atoms with Gasteiger partial charge in [-0.05, 0) is 26.7 Å². The van der Waals surface area contributed by atoms with Crippen molar-refractivity contribution in [1.29, 1.82) is 0 Å². The standard InChI is InChI=1S/C9H14Br2O.C2H6/c1-8(2,10)9(11)6-4-3-5-7(9)12;1-2/h3-6H2,1-2H3;1-2H3. The fourth-order valence-corrected chi connectivity index (χ4v) is 2.52. The van der Waals surface area contributed by atoms with Crippen molar-refractivity contribution in [3.63, 3.8) is 0 Å². The second-order valence-corrected chi connectivity index (χ2v) is 7.24. The third-order valence-electron chi connectivity index (χ3n) is 2.56. The first kappa shape index (κ1) is 14.6. The molecule has 1 atom stereocenters. The van der Waals surface area contributed by atoms with Gasteiger partial charge in [0.05, 0.1) is 4.32 Å². The molecule has 0 bridgehead atoms. The van der Waals surface area contributed by atoms with E-state index in [1.165, 1.54) is 0 Å². The lowest BCUT2D eigenvalue weighted by Crippen LogP contribution is -2.48. The van der Waals surface area contributed by atoms with E-state index in [9.17, 15) is 4.79 Å². The van der Waals surface area contributed by atoms with Crippen molar-refractivity contribution in [2.45, 2.75) is 62.0 Å². The summed E-state index contributed by atoms with van der Waals surface area (Å²) in [6, 6.07) is 0. The van der Waals surface area contributed by atoms with E-state index in [1.54, 1.807) is 0 Å². The fraction of sp³-hybridized carbons (Fsp3) is 0.909. The van der Waals surface area contributed by atoms with E-state index >= 15 is 0 Å². The second kappa shape index (κ2) is 5.64. The Morgan fingerprint density at radius 3 is 2.07 bits per heavy atom. The van der Waals surface area contributed by atoms with E-state index in [2.05, 4.69) is 31.9 Å². The van der Waals surface area contributed by atoms with Gasteiger partial charge >= 0.3 is 0 Å². The molecule has 1 unspecified atom stereocenters. The Bertz CT molecular complexity index is 196. The maximum atomic E-state index is 11.7. The number of Topliss-reactive ketones (excluding diaryl/α,β-unsaturated/α-hetero) is 1. The van der Waals surface area contributed by atoms with E-state index in [1.807, 2.05) is 27.7 Å². The van der Waals surface area contributed by atoms with Crippen molar-refractivity contribution in [2.75, 3.05) is 0 Å². The van der Waals surface area contributed by atoms with Crippen LogP contribution in [0.5, 0.6) is 0 Å².